The monoisotopic (exact) mass is 392 g/mol. The molecule has 2 aromatic carbocycles. The highest BCUT2D eigenvalue weighted by atomic mass is 16.3. The third kappa shape index (κ3) is 3.58. The van der Waals surface area contributed by atoms with Crippen LogP contribution < -0.4 is 0 Å². The van der Waals surface area contributed by atoms with E-state index in [0.29, 0.717) is 31.7 Å². The van der Waals surface area contributed by atoms with E-state index in [1.54, 1.807) is 34.3 Å². The van der Waals surface area contributed by atoms with Crippen LogP contribution in [-0.2, 0) is 11.2 Å². The minimum Gasteiger partial charge on any atom is -0.507 e. The van der Waals surface area contributed by atoms with E-state index in [1.807, 2.05) is 26.0 Å². The van der Waals surface area contributed by atoms with Crippen molar-refractivity contribution < 1.29 is 19.1 Å². The number of phenolic OH excluding ortho intramolecular Hbond substituents is 1. The Balaban J connectivity index is 1.40. The Morgan fingerprint density at radius 1 is 1.00 bits per heavy atom. The van der Waals surface area contributed by atoms with Gasteiger partial charge in [0.15, 0.2) is 0 Å². The van der Waals surface area contributed by atoms with Gasteiger partial charge in [-0.05, 0) is 37.1 Å². The Kier molecular flexibility index (Phi) is 5.01. The normalized spacial score (nSPS) is 14.4. The molecule has 0 radical (unpaired) electrons. The van der Waals surface area contributed by atoms with Gasteiger partial charge >= 0.3 is 0 Å². The fourth-order valence-corrected chi connectivity index (χ4v) is 3.78. The lowest BCUT2D eigenvalue weighted by molar-refractivity contribution is -0.131. The van der Waals surface area contributed by atoms with Crippen LogP contribution in [0, 0.1) is 13.8 Å². The molecule has 0 aliphatic carbocycles. The molecule has 1 aliphatic heterocycles. The summed E-state index contributed by atoms with van der Waals surface area (Å²) in [4.78, 5) is 28.9. The summed E-state index contributed by atoms with van der Waals surface area (Å²) in [5, 5.41) is 10.9. The van der Waals surface area contributed by atoms with Crippen molar-refractivity contribution in [2.75, 3.05) is 26.2 Å². The van der Waals surface area contributed by atoms with Crippen molar-refractivity contribution in [3.8, 4) is 5.75 Å². The Labute approximate surface area is 169 Å². The minimum atomic E-state index is -0.207. The molecule has 2 heterocycles. The maximum absolute atomic E-state index is 12.8. The number of furan rings is 1. The topological polar surface area (TPSA) is 74.0 Å². The van der Waals surface area contributed by atoms with Crippen molar-refractivity contribution >= 4 is 22.8 Å². The summed E-state index contributed by atoms with van der Waals surface area (Å²) in [5.74, 6) is -0.198. The van der Waals surface area contributed by atoms with Crippen LogP contribution in [0.4, 0.5) is 0 Å². The smallest absolute Gasteiger partial charge is 0.257 e. The fraction of sp³-hybridized carbons (Fsp3) is 0.304. The van der Waals surface area contributed by atoms with E-state index in [9.17, 15) is 14.7 Å². The number of hydrogen-bond donors (Lipinski definition) is 1. The summed E-state index contributed by atoms with van der Waals surface area (Å²) in [7, 11) is 0. The van der Waals surface area contributed by atoms with E-state index in [1.165, 1.54) is 6.07 Å². The van der Waals surface area contributed by atoms with E-state index >= 15 is 0 Å². The van der Waals surface area contributed by atoms with Gasteiger partial charge in [-0.1, -0.05) is 24.3 Å². The van der Waals surface area contributed by atoms with Gasteiger partial charge in [0.2, 0.25) is 5.91 Å². The third-order valence-electron chi connectivity index (χ3n) is 5.74. The summed E-state index contributed by atoms with van der Waals surface area (Å²) in [6.45, 7) is 5.91. The Bertz CT molecular complexity index is 1080. The maximum atomic E-state index is 12.8. The average Bonchev–Trinajstić information content (AvgIpc) is 3.14. The number of benzene rings is 2. The lowest BCUT2D eigenvalue weighted by atomic mass is 10.0. The quantitative estimate of drug-likeness (QED) is 0.742. The molecule has 3 aromatic rings. The molecule has 0 atom stereocenters. The van der Waals surface area contributed by atoms with Crippen molar-refractivity contribution in [3.63, 3.8) is 0 Å². The highest BCUT2D eigenvalue weighted by Crippen LogP contribution is 2.27. The van der Waals surface area contributed by atoms with Gasteiger partial charge in [0, 0.05) is 37.1 Å². The molecule has 1 fully saturated rings. The standard InChI is InChI=1S/C23H24N2O4/c1-15-7-8-18-17(14-29-22(18)16(15)2)13-21(27)24-9-11-25(12-10-24)23(28)19-5-3-4-6-20(19)26/h3-8,14,26H,9-13H2,1-2H3. The van der Waals surface area contributed by atoms with Gasteiger partial charge in [-0.25, -0.2) is 0 Å². The first-order valence-corrected chi connectivity index (χ1v) is 9.77. The first-order chi connectivity index (χ1) is 14.0. The van der Waals surface area contributed by atoms with Crippen molar-refractivity contribution in [2.24, 2.45) is 0 Å². The molecule has 0 spiro atoms. The molecule has 0 saturated carbocycles. The minimum absolute atomic E-state index is 0.0200. The number of phenols is 1. The molecular formula is C23H24N2O4. The summed E-state index contributed by atoms with van der Waals surface area (Å²) < 4.78 is 5.71. The van der Waals surface area contributed by atoms with E-state index < -0.39 is 0 Å². The van der Waals surface area contributed by atoms with Crippen molar-refractivity contribution in [1.29, 1.82) is 0 Å². The summed E-state index contributed by atoms with van der Waals surface area (Å²) in [6.07, 6.45) is 1.95. The van der Waals surface area contributed by atoms with E-state index in [-0.39, 0.29) is 24.0 Å². The molecule has 1 aliphatic rings. The zero-order chi connectivity index (χ0) is 20.5. The second kappa shape index (κ2) is 7.62. The average molecular weight is 392 g/mol. The molecular weight excluding hydrogens is 368 g/mol. The number of rotatable bonds is 3. The molecule has 1 N–H and O–H groups in total. The van der Waals surface area contributed by atoms with Crippen LogP contribution in [0.3, 0.4) is 0 Å². The second-order valence-electron chi connectivity index (χ2n) is 7.51. The molecule has 2 amide bonds. The molecule has 1 saturated heterocycles. The highest BCUT2D eigenvalue weighted by molar-refractivity contribution is 5.97. The number of nitrogens with zero attached hydrogens (tertiary/aromatic N) is 2. The van der Waals surface area contributed by atoms with Crippen molar-refractivity contribution in [2.45, 2.75) is 20.3 Å². The van der Waals surface area contributed by atoms with Crippen LogP contribution in [0.15, 0.2) is 47.1 Å². The third-order valence-corrected chi connectivity index (χ3v) is 5.74. The van der Waals surface area contributed by atoms with Gasteiger partial charge in [0.05, 0.1) is 18.2 Å². The first kappa shape index (κ1) is 19.1. The SMILES string of the molecule is Cc1ccc2c(CC(=O)N3CCN(C(=O)c4ccccc4O)CC3)coc2c1C. The van der Waals surface area contributed by atoms with Gasteiger partial charge in [-0.15, -0.1) is 0 Å². The molecule has 1 aromatic heterocycles. The number of piperazine rings is 1. The number of aromatic hydroxyl groups is 1. The first-order valence-electron chi connectivity index (χ1n) is 9.77. The van der Waals surface area contributed by atoms with Gasteiger partial charge in [-0.2, -0.15) is 0 Å². The Morgan fingerprint density at radius 3 is 2.41 bits per heavy atom. The summed E-state index contributed by atoms with van der Waals surface area (Å²) >= 11 is 0. The number of fused-ring (bicyclic) bond motifs is 1. The lowest BCUT2D eigenvalue weighted by Crippen LogP contribution is -2.51. The predicted octanol–water partition coefficient (Wildman–Crippen LogP) is 3.28. The number of carbonyl (C=O) groups excluding carboxylic acids is 2. The summed E-state index contributed by atoms with van der Waals surface area (Å²) in [5.41, 5.74) is 4.28. The van der Waals surface area contributed by atoms with E-state index in [0.717, 1.165) is 27.7 Å². The van der Waals surface area contributed by atoms with Crippen LogP contribution in [-0.4, -0.2) is 52.9 Å². The highest BCUT2D eigenvalue weighted by Gasteiger charge is 2.26. The van der Waals surface area contributed by atoms with Gasteiger partial charge in [-0.3, -0.25) is 9.59 Å². The Morgan fingerprint density at radius 2 is 1.69 bits per heavy atom. The zero-order valence-corrected chi connectivity index (χ0v) is 16.6. The van der Waals surface area contributed by atoms with Crippen LogP contribution in [0.2, 0.25) is 0 Å². The Hall–Kier alpha value is -3.28. The van der Waals surface area contributed by atoms with Gasteiger partial charge in [0.25, 0.3) is 5.91 Å². The van der Waals surface area contributed by atoms with E-state index in [4.69, 9.17) is 4.42 Å². The lowest BCUT2D eigenvalue weighted by Gasteiger charge is -2.35. The number of carbonyl (C=O) groups is 2. The molecule has 6 heteroatoms. The van der Waals surface area contributed by atoms with Gasteiger partial charge in [0.1, 0.15) is 11.3 Å². The molecule has 4 rings (SSSR count). The van der Waals surface area contributed by atoms with Gasteiger partial charge < -0.3 is 19.3 Å². The zero-order valence-electron chi connectivity index (χ0n) is 16.6. The maximum Gasteiger partial charge on any atom is 0.257 e. The summed E-state index contributed by atoms with van der Waals surface area (Å²) in [6, 6.07) is 10.6. The fourth-order valence-electron chi connectivity index (χ4n) is 3.78. The van der Waals surface area contributed by atoms with Crippen LogP contribution in [0.5, 0.6) is 5.75 Å². The number of amides is 2. The van der Waals surface area contributed by atoms with Crippen LogP contribution >= 0.6 is 0 Å². The number of aryl methyl sites for hydroxylation is 2. The van der Waals surface area contributed by atoms with Crippen LogP contribution in [0.25, 0.3) is 11.0 Å². The number of para-hydroxylation sites is 1. The molecule has 0 unspecified atom stereocenters. The predicted molar refractivity (Wildman–Crippen MR) is 110 cm³/mol. The van der Waals surface area contributed by atoms with Crippen molar-refractivity contribution in [3.05, 3.63) is 64.9 Å². The number of hydrogen-bond acceptors (Lipinski definition) is 4. The van der Waals surface area contributed by atoms with Crippen molar-refractivity contribution in [1.82, 2.24) is 9.80 Å². The molecule has 29 heavy (non-hydrogen) atoms. The molecule has 6 nitrogen and oxygen atoms in total. The van der Waals surface area contributed by atoms with Crippen LogP contribution in [0.1, 0.15) is 27.0 Å². The largest absolute Gasteiger partial charge is 0.507 e. The second-order valence-corrected chi connectivity index (χ2v) is 7.51. The molecule has 150 valence electrons. The molecule has 0 bridgehead atoms. The van der Waals surface area contributed by atoms with E-state index in [2.05, 4.69) is 0 Å².